The van der Waals surface area contributed by atoms with Crippen molar-refractivity contribution >= 4 is 29.4 Å². The van der Waals surface area contributed by atoms with Gasteiger partial charge in [-0.25, -0.2) is 4.79 Å². The second-order valence-electron chi connectivity index (χ2n) is 13.2. The van der Waals surface area contributed by atoms with E-state index in [1.807, 2.05) is 19.9 Å². The first-order valence-electron chi connectivity index (χ1n) is 14.9. The van der Waals surface area contributed by atoms with Gasteiger partial charge in [0.25, 0.3) is 0 Å². The van der Waals surface area contributed by atoms with Crippen LogP contribution in [-0.4, -0.2) is 57.9 Å². The number of carboxylic acids is 1. The lowest BCUT2D eigenvalue weighted by molar-refractivity contribution is -0.170. The van der Waals surface area contributed by atoms with Crippen LogP contribution < -0.4 is 5.32 Å². The van der Waals surface area contributed by atoms with Crippen LogP contribution in [0.15, 0.2) is 11.6 Å². The normalized spacial score (nSPS) is 36.3. The Labute approximate surface area is 236 Å². The standard InChI is InChI=1S/C31H45NO8/c1-5-18(2)27(28(37)38)32-25(35)8-9-26(36)40-17-24(34)31(39)15-12-23-21-7-6-19-16-20(33)10-13-29(19,3)22(21)11-14-30(23,31)4/h16,18,21-23,27,39H,5-15,17H2,1-4H3,(H,32,35)(H,37,38)/t18-,21+,22+,23+,27-,29-,30-,31-/m0/s1. The number of Topliss-reactive ketones (excluding diaryl/α,β-unsaturated/α-hetero) is 1. The summed E-state index contributed by atoms with van der Waals surface area (Å²) in [5.74, 6) is -1.99. The van der Waals surface area contributed by atoms with E-state index in [2.05, 4.69) is 12.2 Å². The lowest BCUT2D eigenvalue weighted by Gasteiger charge is -2.58. The van der Waals surface area contributed by atoms with Crippen molar-refractivity contribution in [2.24, 2.45) is 34.5 Å². The highest BCUT2D eigenvalue weighted by Crippen LogP contribution is 2.67. The molecule has 222 valence electrons. The van der Waals surface area contributed by atoms with Gasteiger partial charge in [-0.2, -0.15) is 0 Å². The third-order valence-electron chi connectivity index (χ3n) is 11.3. The molecule has 4 aliphatic carbocycles. The molecule has 0 aliphatic heterocycles. The van der Waals surface area contributed by atoms with Crippen LogP contribution in [0.2, 0.25) is 0 Å². The molecule has 4 aliphatic rings. The van der Waals surface area contributed by atoms with E-state index < -0.39 is 47.3 Å². The van der Waals surface area contributed by atoms with Crippen molar-refractivity contribution in [3.8, 4) is 0 Å². The Hall–Kier alpha value is -2.55. The number of ether oxygens (including phenoxy) is 1. The molecule has 3 saturated carbocycles. The summed E-state index contributed by atoms with van der Waals surface area (Å²) in [5, 5.41) is 23.6. The van der Waals surface area contributed by atoms with E-state index in [-0.39, 0.29) is 35.9 Å². The molecule has 3 fully saturated rings. The quantitative estimate of drug-likeness (QED) is 0.343. The Kier molecular flexibility index (Phi) is 8.65. The van der Waals surface area contributed by atoms with Gasteiger partial charge in [0.15, 0.2) is 12.4 Å². The second kappa shape index (κ2) is 11.4. The van der Waals surface area contributed by atoms with Crippen molar-refractivity contribution < 1.29 is 38.9 Å². The fourth-order valence-electron chi connectivity index (χ4n) is 8.52. The van der Waals surface area contributed by atoms with Gasteiger partial charge in [-0.05, 0) is 80.1 Å². The zero-order chi connectivity index (χ0) is 29.5. The van der Waals surface area contributed by atoms with Gasteiger partial charge in [-0.1, -0.05) is 39.7 Å². The largest absolute Gasteiger partial charge is 0.480 e. The Bertz CT molecular complexity index is 1100. The number of carboxylic acid groups (broad SMARTS) is 1. The molecule has 0 bridgehead atoms. The molecule has 0 aromatic carbocycles. The maximum Gasteiger partial charge on any atom is 0.326 e. The summed E-state index contributed by atoms with van der Waals surface area (Å²) >= 11 is 0. The number of allylic oxidation sites excluding steroid dienone is 1. The molecule has 40 heavy (non-hydrogen) atoms. The average Bonchev–Trinajstić information content (AvgIpc) is 3.20. The molecule has 8 atom stereocenters. The molecule has 0 saturated heterocycles. The molecule has 0 spiro atoms. The number of hydrogen-bond donors (Lipinski definition) is 3. The van der Waals surface area contributed by atoms with Crippen molar-refractivity contribution in [2.45, 2.75) is 110 Å². The molecule has 0 radical (unpaired) electrons. The fraction of sp³-hybridized carbons (Fsp3) is 0.774. The Balaban J connectivity index is 1.33. The van der Waals surface area contributed by atoms with E-state index in [1.54, 1.807) is 6.92 Å². The Morgan fingerprint density at radius 2 is 1.75 bits per heavy atom. The van der Waals surface area contributed by atoms with Gasteiger partial charge in [0.2, 0.25) is 11.7 Å². The van der Waals surface area contributed by atoms with Gasteiger partial charge in [0.1, 0.15) is 11.6 Å². The summed E-state index contributed by atoms with van der Waals surface area (Å²) in [6.45, 7) is 7.31. The highest BCUT2D eigenvalue weighted by atomic mass is 16.5. The van der Waals surface area contributed by atoms with Crippen LogP contribution in [0.4, 0.5) is 0 Å². The summed E-state index contributed by atoms with van der Waals surface area (Å²) in [6.07, 6.45) is 7.87. The minimum absolute atomic E-state index is 0.00373. The molecule has 0 aromatic rings. The predicted octanol–water partition coefficient (Wildman–Crippen LogP) is 3.76. The zero-order valence-corrected chi connectivity index (χ0v) is 24.3. The summed E-state index contributed by atoms with van der Waals surface area (Å²) in [7, 11) is 0. The number of hydrogen-bond acceptors (Lipinski definition) is 7. The summed E-state index contributed by atoms with van der Waals surface area (Å²) < 4.78 is 5.20. The third-order valence-corrected chi connectivity index (χ3v) is 11.3. The number of carbonyl (C=O) groups is 5. The fourth-order valence-corrected chi connectivity index (χ4v) is 8.52. The van der Waals surface area contributed by atoms with Crippen molar-refractivity contribution in [3.63, 3.8) is 0 Å². The molecule has 4 rings (SSSR count). The molecular formula is C31H45NO8. The average molecular weight is 560 g/mol. The number of esters is 1. The van der Waals surface area contributed by atoms with Crippen LogP contribution in [0, 0.1) is 34.5 Å². The lowest BCUT2D eigenvalue weighted by atomic mass is 9.46. The number of rotatable bonds is 10. The molecule has 9 heteroatoms. The summed E-state index contributed by atoms with van der Waals surface area (Å²) in [4.78, 5) is 61.4. The van der Waals surface area contributed by atoms with E-state index in [1.165, 1.54) is 5.57 Å². The molecule has 3 N–H and O–H groups in total. The zero-order valence-electron chi connectivity index (χ0n) is 24.3. The minimum Gasteiger partial charge on any atom is -0.480 e. The number of aliphatic hydroxyl groups is 1. The maximum absolute atomic E-state index is 13.4. The van der Waals surface area contributed by atoms with Crippen LogP contribution in [0.1, 0.15) is 98.3 Å². The highest BCUT2D eigenvalue weighted by molar-refractivity contribution is 5.92. The predicted molar refractivity (Wildman–Crippen MR) is 146 cm³/mol. The molecule has 9 nitrogen and oxygen atoms in total. The number of amides is 1. The van der Waals surface area contributed by atoms with Gasteiger partial charge < -0.3 is 20.3 Å². The second-order valence-corrected chi connectivity index (χ2v) is 13.2. The van der Waals surface area contributed by atoms with Crippen LogP contribution in [0.25, 0.3) is 0 Å². The van der Waals surface area contributed by atoms with E-state index in [0.717, 1.165) is 32.1 Å². The van der Waals surface area contributed by atoms with Crippen molar-refractivity contribution in [1.82, 2.24) is 5.32 Å². The van der Waals surface area contributed by atoms with Gasteiger partial charge in [0, 0.05) is 18.3 Å². The maximum atomic E-state index is 13.4. The van der Waals surface area contributed by atoms with Gasteiger partial charge in [-0.3, -0.25) is 19.2 Å². The first kappa shape index (κ1) is 30.4. The Morgan fingerprint density at radius 1 is 1.05 bits per heavy atom. The number of aliphatic carboxylic acids is 1. The molecule has 1 amide bonds. The van der Waals surface area contributed by atoms with E-state index in [0.29, 0.717) is 37.5 Å². The van der Waals surface area contributed by atoms with E-state index in [9.17, 15) is 34.2 Å². The smallest absolute Gasteiger partial charge is 0.326 e. The van der Waals surface area contributed by atoms with Crippen molar-refractivity contribution in [2.75, 3.05) is 6.61 Å². The first-order chi connectivity index (χ1) is 18.8. The number of nitrogens with one attached hydrogen (secondary N) is 1. The number of carbonyl (C=O) groups excluding carboxylic acids is 4. The van der Waals surface area contributed by atoms with Crippen molar-refractivity contribution in [3.05, 3.63) is 11.6 Å². The SMILES string of the molecule is CC[C@H](C)[C@H](NC(=O)CCC(=O)OCC(=O)[C@@]1(O)CC[C@@H]2[C@@H]3CCC4=CC(=O)CC[C@]4(C)[C@@H]3CC[C@@]21C)C(=O)O. The lowest BCUT2D eigenvalue weighted by Crippen LogP contribution is -2.58. The molecule has 0 heterocycles. The molecule has 0 unspecified atom stereocenters. The van der Waals surface area contributed by atoms with Crippen molar-refractivity contribution in [1.29, 1.82) is 0 Å². The third kappa shape index (κ3) is 5.26. The topological polar surface area (TPSA) is 147 Å². The Morgan fingerprint density at radius 3 is 2.42 bits per heavy atom. The van der Waals surface area contributed by atoms with Crippen LogP contribution >= 0.6 is 0 Å². The summed E-state index contributed by atoms with van der Waals surface area (Å²) in [6, 6.07) is -1.04. The summed E-state index contributed by atoms with van der Waals surface area (Å²) in [5.41, 5.74) is -0.910. The van der Waals surface area contributed by atoms with E-state index in [4.69, 9.17) is 4.74 Å². The van der Waals surface area contributed by atoms with Gasteiger partial charge in [0.05, 0.1) is 6.42 Å². The molecular weight excluding hydrogens is 514 g/mol. The van der Waals surface area contributed by atoms with Gasteiger partial charge in [-0.15, -0.1) is 0 Å². The van der Waals surface area contributed by atoms with E-state index >= 15 is 0 Å². The number of ketones is 2. The number of fused-ring (bicyclic) bond motifs is 5. The van der Waals surface area contributed by atoms with Gasteiger partial charge >= 0.3 is 11.9 Å². The first-order valence-corrected chi connectivity index (χ1v) is 14.9. The molecule has 0 aromatic heterocycles. The van der Waals surface area contributed by atoms with Crippen LogP contribution in [0.3, 0.4) is 0 Å². The monoisotopic (exact) mass is 559 g/mol. The minimum atomic E-state index is -1.58. The van der Waals surface area contributed by atoms with Crippen LogP contribution in [0.5, 0.6) is 0 Å². The highest BCUT2D eigenvalue weighted by Gasteiger charge is 2.66. The van der Waals surface area contributed by atoms with Crippen LogP contribution in [-0.2, 0) is 28.7 Å².